The van der Waals surface area contributed by atoms with Crippen molar-refractivity contribution in [2.75, 3.05) is 19.7 Å². The van der Waals surface area contributed by atoms with Gasteiger partial charge in [-0.3, -0.25) is 4.79 Å². The molecule has 21 heavy (non-hydrogen) atoms. The van der Waals surface area contributed by atoms with E-state index in [0.29, 0.717) is 12.3 Å². The molecule has 0 spiro atoms. The fourth-order valence-electron chi connectivity index (χ4n) is 2.65. The van der Waals surface area contributed by atoms with Crippen LogP contribution in [0.2, 0.25) is 0 Å². The van der Waals surface area contributed by atoms with Gasteiger partial charge in [0.2, 0.25) is 0 Å². The number of likely N-dealkylation sites (tertiary alicyclic amines) is 1. The molecule has 1 N–H and O–H groups in total. The fourth-order valence-corrected chi connectivity index (χ4v) is 3.66. The largest absolute Gasteiger partial charge is 0.395 e. The summed E-state index contributed by atoms with van der Waals surface area (Å²) in [6.07, 6.45) is 3.97. The second kappa shape index (κ2) is 7.63. The van der Waals surface area contributed by atoms with E-state index in [-0.39, 0.29) is 12.5 Å². The van der Waals surface area contributed by atoms with Gasteiger partial charge >= 0.3 is 0 Å². The SMILES string of the molecule is CCC1CCCN(C(=O)c2cc(C)c(C#CCCO)s2)C1. The Bertz CT molecular complexity index is 553. The Morgan fingerprint density at radius 1 is 1.57 bits per heavy atom. The third kappa shape index (κ3) is 4.09. The normalized spacial score (nSPS) is 18.2. The number of aryl methyl sites for hydroxylation is 1. The molecule has 1 amide bonds. The van der Waals surface area contributed by atoms with Crippen molar-refractivity contribution in [3.63, 3.8) is 0 Å². The molecule has 1 atom stereocenters. The van der Waals surface area contributed by atoms with E-state index in [2.05, 4.69) is 18.8 Å². The quantitative estimate of drug-likeness (QED) is 0.872. The van der Waals surface area contributed by atoms with Crippen LogP contribution in [0, 0.1) is 24.7 Å². The molecule has 2 rings (SSSR count). The number of carbonyl (C=O) groups is 1. The first-order valence-electron chi connectivity index (χ1n) is 7.65. The molecular formula is C17H23NO2S. The smallest absolute Gasteiger partial charge is 0.263 e. The van der Waals surface area contributed by atoms with E-state index < -0.39 is 0 Å². The first kappa shape index (κ1) is 16.1. The molecule has 0 bridgehead atoms. The first-order valence-corrected chi connectivity index (χ1v) is 8.46. The van der Waals surface area contributed by atoms with Gasteiger partial charge in [-0.25, -0.2) is 0 Å². The van der Waals surface area contributed by atoms with Crippen LogP contribution in [0.4, 0.5) is 0 Å². The lowest BCUT2D eigenvalue weighted by atomic mass is 9.95. The maximum absolute atomic E-state index is 12.6. The van der Waals surface area contributed by atoms with Crippen molar-refractivity contribution in [3.8, 4) is 11.8 Å². The van der Waals surface area contributed by atoms with Crippen LogP contribution in [0.15, 0.2) is 6.07 Å². The summed E-state index contributed by atoms with van der Waals surface area (Å²) in [4.78, 5) is 16.3. The van der Waals surface area contributed by atoms with Gasteiger partial charge in [-0.05, 0) is 37.3 Å². The topological polar surface area (TPSA) is 40.5 Å². The number of rotatable bonds is 3. The van der Waals surface area contributed by atoms with Crippen LogP contribution >= 0.6 is 11.3 Å². The third-order valence-electron chi connectivity index (χ3n) is 3.95. The molecule has 1 aromatic heterocycles. The summed E-state index contributed by atoms with van der Waals surface area (Å²) in [7, 11) is 0. The van der Waals surface area contributed by atoms with Gasteiger partial charge in [0.15, 0.2) is 0 Å². The van der Waals surface area contributed by atoms with Gasteiger partial charge in [0.05, 0.1) is 16.4 Å². The average Bonchev–Trinajstić information content (AvgIpc) is 2.88. The molecule has 1 unspecified atom stereocenters. The predicted octanol–water partition coefficient (Wildman–Crippen LogP) is 3.05. The highest BCUT2D eigenvalue weighted by Crippen LogP contribution is 2.26. The number of amides is 1. The highest BCUT2D eigenvalue weighted by Gasteiger charge is 2.24. The van der Waals surface area contributed by atoms with Gasteiger partial charge in [0.1, 0.15) is 0 Å². The van der Waals surface area contributed by atoms with Crippen LogP contribution in [0.1, 0.15) is 52.7 Å². The molecule has 1 saturated heterocycles. The maximum atomic E-state index is 12.6. The average molecular weight is 305 g/mol. The molecule has 2 heterocycles. The number of carbonyl (C=O) groups excluding carboxylic acids is 1. The molecule has 1 fully saturated rings. The number of thiophene rings is 1. The highest BCUT2D eigenvalue weighted by atomic mass is 32.1. The zero-order valence-electron chi connectivity index (χ0n) is 12.8. The minimum Gasteiger partial charge on any atom is -0.395 e. The maximum Gasteiger partial charge on any atom is 0.263 e. The molecule has 1 aliphatic rings. The molecular weight excluding hydrogens is 282 g/mol. The summed E-state index contributed by atoms with van der Waals surface area (Å²) in [6.45, 7) is 6.02. The van der Waals surface area contributed by atoms with Gasteiger partial charge in [0.25, 0.3) is 5.91 Å². The van der Waals surface area contributed by atoms with E-state index in [0.717, 1.165) is 41.2 Å². The number of hydrogen-bond acceptors (Lipinski definition) is 3. The van der Waals surface area contributed by atoms with Crippen LogP contribution in [-0.4, -0.2) is 35.6 Å². The predicted molar refractivity (Wildman–Crippen MR) is 86.6 cm³/mol. The van der Waals surface area contributed by atoms with Gasteiger partial charge in [-0.1, -0.05) is 25.2 Å². The van der Waals surface area contributed by atoms with Crippen molar-refractivity contribution in [1.82, 2.24) is 4.90 Å². The van der Waals surface area contributed by atoms with E-state index in [1.165, 1.54) is 17.8 Å². The third-order valence-corrected chi connectivity index (χ3v) is 5.09. The molecule has 114 valence electrons. The van der Waals surface area contributed by atoms with Gasteiger partial charge in [-0.2, -0.15) is 0 Å². The number of piperidine rings is 1. The Kier molecular flexibility index (Phi) is 5.84. The summed E-state index contributed by atoms with van der Waals surface area (Å²) in [6, 6.07) is 1.95. The Hall–Kier alpha value is -1.31. The lowest BCUT2D eigenvalue weighted by Crippen LogP contribution is -2.39. The van der Waals surface area contributed by atoms with Crippen molar-refractivity contribution in [1.29, 1.82) is 0 Å². The Morgan fingerprint density at radius 2 is 2.38 bits per heavy atom. The summed E-state index contributed by atoms with van der Waals surface area (Å²) in [5.74, 6) is 6.77. The van der Waals surface area contributed by atoms with Crippen molar-refractivity contribution in [2.24, 2.45) is 5.92 Å². The number of nitrogens with zero attached hydrogens (tertiary/aromatic N) is 1. The van der Waals surface area contributed by atoms with Gasteiger partial charge in [0, 0.05) is 19.5 Å². The summed E-state index contributed by atoms with van der Waals surface area (Å²) < 4.78 is 0. The monoisotopic (exact) mass is 305 g/mol. The molecule has 0 aliphatic carbocycles. The van der Waals surface area contributed by atoms with E-state index in [9.17, 15) is 4.79 Å². The zero-order valence-corrected chi connectivity index (χ0v) is 13.6. The van der Waals surface area contributed by atoms with Crippen molar-refractivity contribution < 1.29 is 9.90 Å². The number of hydrogen-bond donors (Lipinski definition) is 1. The summed E-state index contributed by atoms with van der Waals surface area (Å²) >= 11 is 1.47. The van der Waals surface area contributed by atoms with E-state index in [1.54, 1.807) is 0 Å². The van der Waals surface area contributed by atoms with Crippen LogP contribution < -0.4 is 0 Å². The van der Waals surface area contributed by atoms with Crippen LogP contribution in [-0.2, 0) is 0 Å². The second-order valence-electron chi connectivity index (χ2n) is 5.57. The van der Waals surface area contributed by atoms with Crippen molar-refractivity contribution >= 4 is 17.2 Å². The molecule has 0 radical (unpaired) electrons. The van der Waals surface area contributed by atoms with Crippen molar-refractivity contribution in [3.05, 3.63) is 21.4 Å². The minimum absolute atomic E-state index is 0.0788. The lowest BCUT2D eigenvalue weighted by Gasteiger charge is -2.32. The molecule has 3 nitrogen and oxygen atoms in total. The summed E-state index contributed by atoms with van der Waals surface area (Å²) in [5, 5.41) is 8.77. The van der Waals surface area contributed by atoms with Crippen LogP contribution in [0.25, 0.3) is 0 Å². The zero-order chi connectivity index (χ0) is 15.2. The molecule has 1 aliphatic heterocycles. The Balaban J connectivity index is 2.09. The van der Waals surface area contributed by atoms with Gasteiger partial charge in [-0.15, -0.1) is 11.3 Å². The van der Waals surface area contributed by atoms with E-state index >= 15 is 0 Å². The van der Waals surface area contributed by atoms with E-state index in [4.69, 9.17) is 5.11 Å². The first-order chi connectivity index (χ1) is 10.2. The molecule has 1 aromatic rings. The number of aliphatic hydroxyl groups excluding tert-OH is 1. The Morgan fingerprint density at radius 3 is 3.10 bits per heavy atom. The van der Waals surface area contributed by atoms with Gasteiger partial charge < -0.3 is 10.0 Å². The lowest BCUT2D eigenvalue weighted by molar-refractivity contribution is 0.0676. The Labute approximate surface area is 131 Å². The van der Waals surface area contributed by atoms with E-state index in [1.807, 2.05) is 17.9 Å². The second-order valence-corrected chi connectivity index (χ2v) is 6.62. The highest BCUT2D eigenvalue weighted by molar-refractivity contribution is 7.14. The van der Waals surface area contributed by atoms with Crippen LogP contribution in [0.3, 0.4) is 0 Å². The minimum atomic E-state index is 0.0788. The molecule has 0 aromatic carbocycles. The van der Waals surface area contributed by atoms with Crippen molar-refractivity contribution in [2.45, 2.75) is 39.5 Å². The molecule has 0 saturated carbocycles. The fraction of sp³-hybridized carbons (Fsp3) is 0.588. The number of aliphatic hydroxyl groups is 1. The summed E-state index contributed by atoms with van der Waals surface area (Å²) in [5.41, 5.74) is 1.05. The molecule has 4 heteroatoms. The standard InChI is InChI=1S/C17H23NO2S/c1-3-14-7-6-9-18(12-14)17(20)16-11-13(2)15(21-16)8-4-5-10-19/h11,14,19H,3,5-7,9-10,12H2,1-2H3. The van der Waals surface area contributed by atoms with Crippen LogP contribution in [0.5, 0.6) is 0 Å².